The molecule has 1 aromatic heterocycles. The van der Waals surface area contributed by atoms with Crippen molar-refractivity contribution in [1.29, 1.82) is 0 Å². The molecule has 0 N–H and O–H groups in total. The molecule has 28 heavy (non-hydrogen) atoms. The summed E-state index contributed by atoms with van der Waals surface area (Å²) < 4.78 is 15.8. The lowest BCUT2D eigenvalue weighted by Gasteiger charge is -2.17. The molecule has 2 aromatic carbocycles. The van der Waals surface area contributed by atoms with Crippen LogP contribution >= 0.6 is 11.6 Å². The fraction of sp³-hybridized carbons (Fsp3) is 0.391. The number of alkyl halides is 1. The average Bonchev–Trinajstić information content (AvgIpc) is 3.57. The van der Waals surface area contributed by atoms with Crippen LogP contribution in [0, 0.1) is 6.92 Å². The molecular formula is C23H22ClFN2O. The normalized spacial score (nSPS) is 17.8. The summed E-state index contributed by atoms with van der Waals surface area (Å²) in [6.45, 7) is 2.06. The number of rotatable bonds is 5. The fourth-order valence-electron chi connectivity index (χ4n) is 4.10. The Labute approximate surface area is 168 Å². The summed E-state index contributed by atoms with van der Waals surface area (Å²) in [5.41, 5.74) is 3.09. The molecule has 144 valence electrons. The number of aryl methyl sites for hydroxylation is 2. The van der Waals surface area contributed by atoms with Crippen molar-refractivity contribution < 1.29 is 4.39 Å². The van der Waals surface area contributed by atoms with Gasteiger partial charge in [-0.3, -0.25) is 4.57 Å². The van der Waals surface area contributed by atoms with Gasteiger partial charge < -0.3 is 0 Å². The molecule has 0 unspecified atom stereocenters. The van der Waals surface area contributed by atoms with E-state index in [4.69, 9.17) is 11.6 Å². The highest BCUT2D eigenvalue weighted by molar-refractivity contribution is 6.32. The van der Waals surface area contributed by atoms with Gasteiger partial charge in [0.05, 0.1) is 21.9 Å². The molecule has 0 bridgehead atoms. The second-order valence-electron chi connectivity index (χ2n) is 8.28. The topological polar surface area (TPSA) is 34.9 Å². The van der Waals surface area contributed by atoms with E-state index in [1.807, 2.05) is 18.2 Å². The van der Waals surface area contributed by atoms with Gasteiger partial charge in [-0.2, -0.15) is 4.98 Å². The van der Waals surface area contributed by atoms with Crippen LogP contribution in [0.4, 0.5) is 4.39 Å². The first-order valence-corrected chi connectivity index (χ1v) is 10.3. The van der Waals surface area contributed by atoms with Crippen LogP contribution in [0.15, 0.2) is 41.2 Å². The molecule has 2 saturated carbocycles. The summed E-state index contributed by atoms with van der Waals surface area (Å²) in [5, 5.41) is 1.46. The lowest BCUT2D eigenvalue weighted by molar-refractivity contribution is 0.289. The Hall–Kier alpha value is -2.20. The SMILES string of the molecule is Cc1cc(C2CC2)cc2c1c(CCC1(F)CC1)nc(=O)n2-c1ccccc1Cl. The van der Waals surface area contributed by atoms with E-state index >= 15 is 0 Å². The Kier molecular flexibility index (Phi) is 4.09. The summed E-state index contributed by atoms with van der Waals surface area (Å²) in [5.74, 6) is 0.565. The number of hydrogen-bond acceptors (Lipinski definition) is 2. The molecule has 0 radical (unpaired) electrons. The minimum atomic E-state index is -1.06. The third-order valence-electron chi connectivity index (χ3n) is 6.03. The average molecular weight is 397 g/mol. The van der Waals surface area contributed by atoms with Crippen LogP contribution in [0.25, 0.3) is 16.6 Å². The van der Waals surface area contributed by atoms with Crippen molar-refractivity contribution in [3.63, 3.8) is 0 Å². The monoisotopic (exact) mass is 396 g/mol. The van der Waals surface area contributed by atoms with E-state index in [9.17, 15) is 9.18 Å². The maximum Gasteiger partial charge on any atom is 0.352 e. The summed E-state index contributed by atoms with van der Waals surface area (Å²) in [4.78, 5) is 17.4. The molecule has 2 fully saturated rings. The number of aromatic nitrogens is 2. The molecule has 0 saturated heterocycles. The van der Waals surface area contributed by atoms with Crippen molar-refractivity contribution in [1.82, 2.24) is 9.55 Å². The van der Waals surface area contributed by atoms with E-state index in [0.717, 1.165) is 16.5 Å². The molecule has 3 nitrogen and oxygen atoms in total. The van der Waals surface area contributed by atoms with Gasteiger partial charge in [-0.25, -0.2) is 9.18 Å². The zero-order valence-electron chi connectivity index (χ0n) is 15.8. The van der Waals surface area contributed by atoms with Crippen LogP contribution in [-0.4, -0.2) is 15.2 Å². The van der Waals surface area contributed by atoms with Gasteiger partial charge >= 0.3 is 5.69 Å². The second kappa shape index (κ2) is 6.41. The predicted octanol–water partition coefficient (Wildman–Crippen LogP) is 5.66. The number of halogens is 2. The molecule has 0 atom stereocenters. The largest absolute Gasteiger partial charge is 0.352 e. The van der Waals surface area contributed by atoms with Crippen LogP contribution in [0.1, 0.15) is 54.8 Å². The highest BCUT2D eigenvalue weighted by Gasteiger charge is 2.42. The maximum atomic E-state index is 14.2. The zero-order valence-corrected chi connectivity index (χ0v) is 16.6. The lowest BCUT2D eigenvalue weighted by atomic mass is 9.98. The van der Waals surface area contributed by atoms with Gasteiger partial charge in [0.25, 0.3) is 0 Å². The van der Waals surface area contributed by atoms with Crippen LogP contribution in [0.2, 0.25) is 5.02 Å². The van der Waals surface area contributed by atoms with Crippen molar-refractivity contribution in [3.8, 4) is 5.69 Å². The molecule has 0 amide bonds. The molecule has 5 heteroatoms. The first-order valence-electron chi connectivity index (χ1n) is 9.95. The zero-order chi connectivity index (χ0) is 19.5. The highest BCUT2D eigenvalue weighted by Crippen LogP contribution is 2.45. The summed E-state index contributed by atoms with van der Waals surface area (Å²) >= 11 is 6.42. The van der Waals surface area contributed by atoms with Gasteiger partial charge in [0.15, 0.2) is 0 Å². The number of hydrogen-bond donors (Lipinski definition) is 0. The van der Waals surface area contributed by atoms with E-state index in [2.05, 4.69) is 24.0 Å². The fourth-order valence-corrected chi connectivity index (χ4v) is 4.32. The minimum Gasteiger partial charge on any atom is -0.259 e. The summed E-state index contributed by atoms with van der Waals surface area (Å²) in [6.07, 6.45) is 4.51. The van der Waals surface area contributed by atoms with Crippen LogP contribution in [-0.2, 0) is 6.42 Å². The predicted molar refractivity (Wildman–Crippen MR) is 110 cm³/mol. The Balaban J connectivity index is 1.76. The standard InChI is InChI=1S/C23H22ClFN2O/c1-14-12-16(15-6-7-15)13-20-21(14)18(8-9-23(25)10-11-23)26-22(28)27(20)19-5-3-2-4-17(19)24/h2-5,12-13,15H,6-11H2,1H3. The third kappa shape index (κ3) is 3.14. The molecule has 1 heterocycles. The van der Waals surface area contributed by atoms with Crippen molar-refractivity contribution >= 4 is 22.5 Å². The van der Waals surface area contributed by atoms with Gasteiger partial charge in [-0.15, -0.1) is 0 Å². The lowest BCUT2D eigenvalue weighted by Crippen LogP contribution is -2.24. The Morgan fingerprint density at radius 2 is 2.00 bits per heavy atom. The molecule has 0 aliphatic heterocycles. The quantitative estimate of drug-likeness (QED) is 0.557. The van der Waals surface area contributed by atoms with E-state index in [-0.39, 0.29) is 5.69 Å². The Morgan fingerprint density at radius 1 is 1.25 bits per heavy atom. The van der Waals surface area contributed by atoms with Crippen molar-refractivity contribution in [2.24, 2.45) is 0 Å². The molecule has 0 spiro atoms. The second-order valence-corrected chi connectivity index (χ2v) is 8.69. The van der Waals surface area contributed by atoms with Crippen LogP contribution < -0.4 is 5.69 Å². The molecule has 3 aromatic rings. The molecular weight excluding hydrogens is 375 g/mol. The van der Waals surface area contributed by atoms with Crippen molar-refractivity contribution in [2.75, 3.05) is 0 Å². The first kappa shape index (κ1) is 17.9. The van der Waals surface area contributed by atoms with E-state index in [1.165, 1.54) is 18.4 Å². The minimum absolute atomic E-state index is 0.355. The maximum absolute atomic E-state index is 14.2. The smallest absolute Gasteiger partial charge is 0.259 e. The summed E-state index contributed by atoms with van der Waals surface area (Å²) in [6, 6.07) is 11.6. The summed E-state index contributed by atoms with van der Waals surface area (Å²) in [7, 11) is 0. The van der Waals surface area contributed by atoms with E-state index in [1.54, 1.807) is 10.6 Å². The van der Waals surface area contributed by atoms with Crippen LogP contribution in [0.3, 0.4) is 0 Å². The first-order chi connectivity index (χ1) is 13.5. The molecule has 5 rings (SSSR count). The van der Waals surface area contributed by atoms with Gasteiger partial charge in [0, 0.05) is 5.39 Å². The van der Waals surface area contributed by atoms with Gasteiger partial charge in [-0.1, -0.05) is 29.8 Å². The van der Waals surface area contributed by atoms with E-state index < -0.39 is 5.67 Å². The number of benzene rings is 2. The number of para-hydroxylation sites is 1. The third-order valence-corrected chi connectivity index (χ3v) is 6.35. The molecule has 2 aliphatic carbocycles. The number of nitrogens with zero attached hydrogens (tertiary/aromatic N) is 2. The van der Waals surface area contributed by atoms with Gasteiger partial charge in [0.2, 0.25) is 0 Å². The van der Waals surface area contributed by atoms with Gasteiger partial charge in [-0.05, 0) is 80.7 Å². The Morgan fingerprint density at radius 3 is 2.68 bits per heavy atom. The highest BCUT2D eigenvalue weighted by atomic mass is 35.5. The van der Waals surface area contributed by atoms with Crippen molar-refractivity contribution in [2.45, 2.75) is 57.0 Å². The molecule has 2 aliphatic rings. The van der Waals surface area contributed by atoms with Crippen molar-refractivity contribution in [3.05, 3.63) is 68.7 Å². The Bertz CT molecular complexity index is 1150. The number of fused-ring (bicyclic) bond motifs is 1. The van der Waals surface area contributed by atoms with E-state index in [0.29, 0.717) is 48.0 Å². The van der Waals surface area contributed by atoms with Gasteiger partial charge in [0.1, 0.15) is 5.67 Å². The van der Waals surface area contributed by atoms with Crippen LogP contribution in [0.5, 0.6) is 0 Å².